The summed E-state index contributed by atoms with van der Waals surface area (Å²) < 4.78 is 1.61. The summed E-state index contributed by atoms with van der Waals surface area (Å²) in [6.07, 6.45) is 3.36. The first-order valence-electron chi connectivity index (χ1n) is 8.52. The molecule has 4 aromatic rings. The number of fused-ring (bicyclic) bond motifs is 1. The number of carbonyl (C=O) groups is 1. The zero-order valence-corrected chi connectivity index (χ0v) is 14.8. The smallest absolute Gasteiger partial charge is 0.253 e. The van der Waals surface area contributed by atoms with Crippen molar-refractivity contribution in [1.82, 2.24) is 19.7 Å². The molecule has 4 rings (SSSR count). The molecule has 0 aliphatic carbocycles. The van der Waals surface area contributed by atoms with Crippen molar-refractivity contribution < 1.29 is 4.79 Å². The highest BCUT2D eigenvalue weighted by Gasteiger charge is 2.14. The van der Waals surface area contributed by atoms with Crippen molar-refractivity contribution in [2.24, 2.45) is 5.73 Å². The topological polar surface area (TPSA) is 98.7 Å². The number of aryl methyl sites for hydroxylation is 1. The molecule has 0 fully saturated rings. The molecule has 0 aliphatic heterocycles. The second-order valence-electron chi connectivity index (χ2n) is 6.20. The van der Waals surface area contributed by atoms with Gasteiger partial charge in [0.15, 0.2) is 0 Å². The second-order valence-corrected chi connectivity index (χ2v) is 6.20. The highest BCUT2D eigenvalue weighted by Crippen LogP contribution is 2.21. The first kappa shape index (κ1) is 16.7. The van der Waals surface area contributed by atoms with E-state index in [0.717, 1.165) is 22.5 Å². The number of hydrogen-bond acceptors (Lipinski definition) is 5. The lowest BCUT2D eigenvalue weighted by Crippen LogP contribution is -2.11. The molecule has 1 amide bonds. The van der Waals surface area contributed by atoms with Crippen LogP contribution in [0.2, 0.25) is 0 Å². The fraction of sp³-hybridized carbons (Fsp3) is 0.100. The van der Waals surface area contributed by atoms with Crippen LogP contribution in [0.5, 0.6) is 0 Å². The number of amides is 1. The third-order valence-corrected chi connectivity index (χ3v) is 4.33. The summed E-state index contributed by atoms with van der Waals surface area (Å²) in [5, 5.41) is 8.37. The van der Waals surface area contributed by atoms with E-state index in [1.165, 1.54) is 0 Å². The zero-order chi connectivity index (χ0) is 18.8. The molecule has 0 atom stereocenters. The van der Waals surface area contributed by atoms with Crippen molar-refractivity contribution in [1.29, 1.82) is 0 Å². The maximum atomic E-state index is 11.6. The van der Waals surface area contributed by atoms with Gasteiger partial charge in [-0.25, -0.2) is 4.98 Å². The number of aromatic nitrogens is 4. The molecule has 0 radical (unpaired) electrons. The third kappa shape index (κ3) is 3.22. The fourth-order valence-electron chi connectivity index (χ4n) is 2.92. The minimum Gasteiger partial charge on any atom is -0.366 e. The van der Waals surface area contributed by atoms with Crippen LogP contribution in [0.3, 0.4) is 0 Å². The van der Waals surface area contributed by atoms with Gasteiger partial charge in [0.05, 0.1) is 17.3 Å². The van der Waals surface area contributed by atoms with Gasteiger partial charge in [0.25, 0.3) is 5.95 Å². The van der Waals surface area contributed by atoms with Gasteiger partial charge in [-0.15, -0.1) is 0 Å². The standard InChI is InChI=1S/C20H18N6O/c1-13-10-23-20(25-19(13)22-11-14-6-3-2-4-7-14)26-17-9-5-8-15(18(21)27)16(17)12-24-26/h2-10,12H,11H2,1H3,(H2,21,27)(H,22,23,25). The molecular weight excluding hydrogens is 340 g/mol. The molecule has 0 aliphatic rings. The molecule has 2 aromatic carbocycles. The van der Waals surface area contributed by atoms with Crippen LogP contribution in [0.1, 0.15) is 21.5 Å². The number of benzene rings is 2. The molecule has 0 saturated heterocycles. The summed E-state index contributed by atoms with van der Waals surface area (Å²) in [6.45, 7) is 2.60. The highest BCUT2D eigenvalue weighted by atomic mass is 16.1. The summed E-state index contributed by atoms with van der Waals surface area (Å²) in [4.78, 5) is 20.6. The van der Waals surface area contributed by atoms with E-state index in [0.29, 0.717) is 23.4 Å². The van der Waals surface area contributed by atoms with Gasteiger partial charge in [-0.05, 0) is 24.6 Å². The number of primary amides is 1. The summed E-state index contributed by atoms with van der Waals surface area (Å²) in [5.74, 6) is 0.668. The summed E-state index contributed by atoms with van der Waals surface area (Å²) in [5.41, 5.74) is 8.69. The molecular formula is C20H18N6O. The van der Waals surface area contributed by atoms with Crippen molar-refractivity contribution >= 4 is 22.6 Å². The van der Waals surface area contributed by atoms with Crippen molar-refractivity contribution in [3.05, 3.63) is 77.6 Å². The molecule has 7 nitrogen and oxygen atoms in total. The quantitative estimate of drug-likeness (QED) is 0.571. The number of rotatable bonds is 5. The Morgan fingerprint density at radius 1 is 1.11 bits per heavy atom. The predicted octanol–water partition coefficient (Wildman–Crippen LogP) is 2.83. The fourth-order valence-corrected chi connectivity index (χ4v) is 2.92. The SMILES string of the molecule is Cc1cnc(-n2ncc3c(C(N)=O)cccc32)nc1NCc1ccccc1. The number of anilines is 1. The van der Waals surface area contributed by atoms with E-state index in [-0.39, 0.29) is 0 Å². The van der Waals surface area contributed by atoms with E-state index in [1.54, 1.807) is 29.2 Å². The zero-order valence-electron chi connectivity index (χ0n) is 14.8. The molecule has 0 unspecified atom stereocenters. The Hall–Kier alpha value is -3.74. The predicted molar refractivity (Wildman–Crippen MR) is 104 cm³/mol. The van der Waals surface area contributed by atoms with Crippen LogP contribution in [-0.4, -0.2) is 25.7 Å². The lowest BCUT2D eigenvalue weighted by Gasteiger charge is -2.10. The molecule has 27 heavy (non-hydrogen) atoms. The van der Waals surface area contributed by atoms with Gasteiger partial charge in [0, 0.05) is 23.7 Å². The van der Waals surface area contributed by atoms with Gasteiger partial charge in [-0.3, -0.25) is 4.79 Å². The van der Waals surface area contributed by atoms with E-state index >= 15 is 0 Å². The van der Waals surface area contributed by atoms with Gasteiger partial charge in [-0.2, -0.15) is 14.8 Å². The monoisotopic (exact) mass is 358 g/mol. The first-order valence-corrected chi connectivity index (χ1v) is 8.52. The van der Waals surface area contributed by atoms with E-state index in [4.69, 9.17) is 5.73 Å². The van der Waals surface area contributed by atoms with Crippen LogP contribution in [-0.2, 0) is 6.54 Å². The van der Waals surface area contributed by atoms with Crippen molar-refractivity contribution in [2.75, 3.05) is 5.32 Å². The molecule has 2 heterocycles. The Labute approximate surface area is 155 Å². The van der Waals surface area contributed by atoms with Crippen LogP contribution in [0.4, 0.5) is 5.82 Å². The molecule has 0 spiro atoms. The Morgan fingerprint density at radius 3 is 2.70 bits per heavy atom. The maximum absolute atomic E-state index is 11.6. The lowest BCUT2D eigenvalue weighted by atomic mass is 10.1. The minimum atomic E-state index is -0.491. The third-order valence-electron chi connectivity index (χ3n) is 4.33. The number of hydrogen-bond donors (Lipinski definition) is 2. The van der Waals surface area contributed by atoms with E-state index < -0.39 is 5.91 Å². The Kier molecular flexibility index (Phi) is 4.25. The Balaban J connectivity index is 1.70. The maximum Gasteiger partial charge on any atom is 0.253 e. The summed E-state index contributed by atoms with van der Waals surface area (Å²) >= 11 is 0. The lowest BCUT2D eigenvalue weighted by molar-refractivity contribution is 0.100. The van der Waals surface area contributed by atoms with Gasteiger partial charge >= 0.3 is 0 Å². The molecule has 134 valence electrons. The Morgan fingerprint density at radius 2 is 1.93 bits per heavy atom. The summed E-state index contributed by atoms with van der Waals surface area (Å²) in [7, 11) is 0. The van der Waals surface area contributed by atoms with Gasteiger partial charge in [0.2, 0.25) is 5.91 Å². The summed E-state index contributed by atoms with van der Waals surface area (Å²) in [6, 6.07) is 15.4. The van der Waals surface area contributed by atoms with Crippen molar-refractivity contribution in [3.8, 4) is 5.95 Å². The van der Waals surface area contributed by atoms with E-state index in [2.05, 4.69) is 32.5 Å². The molecule has 0 bridgehead atoms. The van der Waals surface area contributed by atoms with E-state index in [9.17, 15) is 4.79 Å². The minimum absolute atomic E-state index is 0.424. The van der Waals surface area contributed by atoms with Gasteiger partial charge in [-0.1, -0.05) is 36.4 Å². The number of nitrogens with zero attached hydrogens (tertiary/aromatic N) is 4. The van der Waals surface area contributed by atoms with Crippen molar-refractivity contribution in [2.45, 2.75) is 13.5 Å². The average molecular weight is 358 g/mol. The van der Waals surface area contributed by atoms with Gasteiger partial charge < -0.3 is 11.1 Å². The number of carbonyl (C=O) groups excluding carboxylic acids is 1. The first-order chi connectivity index (χ1) is 13.1. The normalized spacial score (nSPS) is 10.9. The number of nitrogens with one attached hydrogen (secondary N) is 1. The molecule has 2 aromatic heterocycles. The highest BCUT2D eigenvalue weighted by molar-refractivity contribution is 6.05. The van der Waals surface area contributed by atoms with E-state index in [1.807, 2.05) is 31.2 Å². The van der Waals surface area contributed by atoms with Gasteiger partial charge in [0.1, 0.15) is 5.82 Å². The molecule has 7 heteroatoms. The average Bonchev–Trinajstić information content (AvgIpc) is 3.12. The van der Waals surface area contributed by atoms with Crippen LogP contribution in [0.25, 0.3) is 16.9 Å². The van der Waals surface area contributed by atoms with Crippen molar-refractivity contribution in [3.63, 3.8) is 0 Å². The number of nitrogens with two attached hydrogens (primary N) is 1. The molecule has 3 N–H and O–H groups in total. The Bertz CT molecular complexity index is 1120. The second kappa shape index (κ2) is 6.87. The van der Waals surface area contributed by atoms with Crippen LogP contribution in [0.15, 0.2) is 60.9 Å². The largest absolute Gasteiger partial charge is 0.366 e. The van der Waals surface area contributed by atoms with Crippen LogP contribution >= 0.6 is 0 Å². The molecule has 0 saturated carbocycles. The van der Waals surface area contributed by atoms with Crippen LogP contribution in [0, 0.1) is 6.92 Å². The van der Waals surface area contributed by atoms with Crippen LogP contribution < -0.4 is 11.1 Å².